The molecule has 1 aromatic rings. The van der Waals surface area contributed by atoms with Crippen LogP contribution in [0, 0.1) is 17.7 Å². The van der Waals surface area contributed by atoms with Crippen LogP contribution in [0.5, 0.6) is 0 Å². The van der Waals surface area contributed by atoms with Gasteiger partial charge in [0.15, 0.2) is 0 Å². The first-order chi connectivity index (χ1) is 8.99. The molecule has 104 valence electrons. The van der Waals surface area contributed by atoms with E-state index in [2.05, 4.69) is 13.8 Å². The SMILES string of the molecule is CC(C)C1CCN(C(=O)c2ccc(F)cc2N)CC1. The Bertz CT molecular complexity index is 465. The molecule has 0 spiro atoms. The Morgan fingerprint density at radius 3 is 2.53 bits per heavy atom. The third-order valence-corrected chi connectivity index (χ3v) is 4.01. The molecule has 19 heavy (non-hydrogen) atoms. The Hall–Kier alpha value is -1.58. The van der Waals surface area contributed by atoms with Crippen molar-refractivity contribution in [3.63, 3.8) is 0 Å². The first-order valence-corrected chi connectivity index (χ1v) is 6.83. The molecule has 0 unspecified atom stereocenters. The predicted molar refractivity (Wildman–Crippen MR) is 74.3 cm³/mol. The van der Waals surface area contributed by atoms with Gasteiger partial charge in [-0.05, 0) is 42.9 Å². The first-order valence-electron chi connectivity index (χ1n) is 6.83. The summed E-state index contributed by atoms with van der Waals surface area (Å²) in [6, 6.07) is 3.96. The summed E-state index contributed by atoms with van der Waals surface area (Å²) in [4.78, 5) is 14.2. The average molecular weight is 264 g/mol. The number of piperidine rings is 1. The molecule has 1 saturated heterocycles. The Balaban J connectivity index is 2.05. The zero-order valence-electron chi connectivity index (χ0n) is 11.5. The second-order valence-corrected chi connectivity index (χ2v) is 5.61. The van der Waals surface area contributed by atoms with Gasteiger partial charge in [-0.25, -0.2) is 4.39 Å². The van der Waals surface area contributed by atoms with Crippen molar-refractivity contribution in [2.75, 3.05) is 18.8 Å². The highest BCUT2D eigenvalue weighted by Gasteiger charge is 2.26. The van der Waals surface area contributed by atoms with E-state index in [0.29, 0.717) is 17.4 Å². The lowest BCUT2D eigenvalue weighted by Crippen LogP contribution is -2.39. The zero-order chi connectivity index (χ0) is 14.0. The highest BCUT2D eigenvalue weighted by Crippen LogP contribution is 2.26. The number of halogens is 1. The maximum atomic E-state index is 13.0. The summed E-state index contributed by atoms with van der Waals surface area (Å²) >= 11 is 0. The highest BCUT2D eigenvalue weighted by atomic mass is 19.1. The van der Waals surface area contributed by atoms with Crippen LogP contribution in [0.25, 0.3) is 0 Å². The number of carbonyl (C=O) groups excluding carboxylic acids is 1. The molecule has 0 saturated carbocycles. The van der Waals surface area contributed by atoms with Gasteiger partial charge in [-0.15, -0.1) is 0 Å². The summed E-state index contributed by atoms with van der Waals surface area (Å²) in [5, 5.41) is 0. The number of nitrogen functional groups attached to an aromatic ring is 1. The number of hydrogen-bond donors (Lipinski definition) is 1. The van der Waals surface area contributed by atoms with E-state index < -0.39 is 5.82 Å². The fraction of sp³-hybridized carbons (Fsp3) is 0.533. The second-order valence-electron chi connectivity index (χ2n) is 5.61. The Morgan fingerprint density at radius 2 is 2.00 bits per heavy atom. The number of likely N-dealkylation sites (tertiary alicyclic amines) is 1. The van der Waals surface area contributed by atoms with Gasteiger partial charge >= 0.3 is 0 Å². The van der Waals surface area contributed by atoms with E-state index in [1.807, 2.05) is 4.90 Å². The molecule has 1 aliphatic rings. The van der Waals surface area contributed by atoms with Gasteiger partial charge in [0.05, 0.1) is 5.56 Å². The lowest BCUT2D eigenvalue weighted by molar-refractivity contribution is 0.0669. The Labute approximate surface area is 113 Å². The molecular weight excluding hydrogens is 243 g/mol. The Morgan fingerprint density at radius 1 is 1.37 bits per heavy atom. The van der Waals surface area contributed by atoms with E-state index in [4.69, 9.17) is 5.73 Å². The van der Waals surface area contributed by atoms with E-state index in [0.717, 1.165) is 25.9 Å². The molecule has 1 aliphatic heterocycles. The summed E-state index contributed by atoms with van der Waals surface area (Å²) in [5.41, 5.74) is 6.34. The maximum Gasteiger partial charge on any atom is 0.255 e. The largest absolute Gasteiger partial charge is 0.398 e. The quantitative estimate of drug-likeness (QED) is 0.835. The van der Waals surface area contributed by atoms with Crippen molar-refractivity contribution in [2.45, 2.75) is 26.7 Å². The summed E-state index contributed by atoms with van der Waals surface area (Å²) in [6.45, 7) is 5.97. The molecule has 1 fully saturated rings. The zero-order valence-corrected chi connectivity index (χ0v) is 11.5. The monoisotopic (exact) mass is 264 g/mol. The normalized spacial score (nSPS) is 16.9. The smallest absolute Gasteiger partial charge is 0.255 e. The van der Waals surface area contributed by atoms with Crippen LogP contribution < -0.4 is 5.73 Å². The number of rotatable bonds is 2. The van der Waals surface area contributed by atoms with Gasteiger partial charge in [0, 0.05) is 18.8 Å². The molecule has 0 bridgehead atoms. The van der Waals surface area contributed by atoms with Crippen LogP contribution in [0.2, 0.25) is 0 Å². The van der Waals surface area contributed by atoms with Crippen LogP contribution in [0.15, 0.2) is 18.2 Å². The summed E-state index contributed by atoms with van der Waals surface area (Å²) in [5.74, 6) is 0.857. The molecule has 2 rings (SSSR count). The lowest BCUT2D eigenvalue weighted by atomic mass is 9.86. The third kappa shape index (κ3) is 3.06. The minimum Gasteiger partial charge on any atom is -0.398 e. The number of nitrogens with two attached hydrogens (primary N) is 1. The van der Waals surface area contributed by atoms with Crippen molar-refractivity contribution in [3.8, 4) is 0 Å². The van der Waals surface area contributed by atoms with Crippen LogP contribution in [-0.4, -0.2) is 23.9 Å². The second kappa shape index (κ2) is 5.59. The van der Waals surface area contributed by atoms with Crippen molar-refractivity contribution in [1.29, 1.82) is 0 Å². The molecular formula is C15H21FN2O. The number of anilines is 1. The number of carbonyl (C=O) groups is 1. The van der Waals surface area contributed by atoms with Gasteiger partial charge < -0.3 is 10.6 Å². The maximum absolute atomic E-state index is 13.0. The molecule has 4 heteroatoms. The molecule has 0 atom stereocenters. The third-order valence-electron chi connectivity index (χ3n) is 4.01. The van der Waals surface area contributed by atoms with Gasteiger partial charge in [0.2, 0.25) is 0 Å². The van der Waals surface area contributed by atoms with Crippen molar-refractivity contribution >= 4 is 11.6 Å². The summed E-state index contributed by atoms with van der Waals surface area (Å²) in [7, 11) is 0. The van der Waals surface area contributed by atoms with E-state index in [9.17, 15) is 9.18 Å². The molecule has 1 aromatic carbocycles. The first kappa shape index (κ1) is 13.8. The minimum absolute atomic E-state index is 0.0836. The number of benzene rings is 1. The van der Waals surface area contributed by atoms with Crippen molar-refractivity contribution < 1.29 is 9.18 Å². The van der Waals surface area contributed by atoms with Crippen LogP contribution in [-0.2, 0) is 0 Å². The molecule has 0 aromatic heterocycles. The molecule has 3 nitrogen and oxygen atoms in total. The number of hydrogen-bond acceptors (Lipinski definition) is 2. The van der Waals surface area contributed by atoms with Crippen molar-refractivity contribution in [2.24, 2.45) is 11.8 Å². The van der Waals surface area contributed by atoms with E-state index in [-0.39, 0.29) is 11.6 Å². The summed E-state index contributed by atoms with van der Waals surface area (Å²) in [6.07, 6.45) is 2.06. The van der Waals surface area contributed by atoms with Crippen molar-refractivity contribution in [1.82, 2.24) is 4.90 Å². The van der Waals surface area contributed by atoms with Crippen molar-refractivity contribution in [3.05, 3.63) is 29.6 Å². The molecule has 0 radical (unpaired) electrons. The van der Waals surface area contributed by atoms with Crippen LogP contribution in [0.4, 0.5) is 10.1 Å². The van der Waals surface area contributed by atoms with E-state index >= 15 is 0 Å². The summed E-state index contributed by atoms with van der Waals surface area (Å²) < 4.78 is 13.0. The number of nitrogens with zero attached hydrogens (tertiary/aromatic N) is 1. The average Bonchev–Trinajstić information content (AvgIpc) is 2.38. The predicted octanol–water partition coefficient (Wildman–Crippen LogP) is 2.92. The molecule has 2 N–H and O–H groups in total. The van der Waals surface area contributed by atoms with Gasteiger partial charge in [-0.3, -0.25) is 4.79 Å². The fourth-order valence-electron chi connectivity index (χ4n) is 2.67. The fourth-order valence-corrected chi connectivity index (χ4v) is 2.67. The standard InChI is InChI=1S/C15H21FN2O/c1-10(2)11-5-7-18(8-6-11)15(19)13-4-3-12(16)9-14(13)17/h3-4,9-11H,5-8,17H2,1-2H3. The van der Waals surface area contributed by atoms with Gasteiger partial charge in [0.25, 0.3) is 5.91 Å². The van der Waals surface area contributed by atoms with Gasteiger partial charge in [0.1, 0.15) is 5.82 Å². The number of amides is 1. The van der Waals surface area contributed by atoms with E-state index in [1.54, 1.807) is 0 Å². The molecule has 1 heterocycles. The lowest BCUT2D eigenvalue weighted by Gasteiger charge is -2.34. The van der Waals surface area contributed by atoms with Gasteiger partial charge in [-0.1, -0.05) is 13.8 Å². The molecule has 0 aliphatic carbocycles. The van der Waals surface area contributed by atoms with Gasteiger partial charge in [-0.2, -0.15) is 0 Å². The van der Waals surface area contributed by atoms with Crippen LogP contribution >= 0.6 is 0 Å². The minimum atomic E-state index is -0.410. The molecule has 1 amide bonds. The Kier molecular flexibility index (Phi) is 4.08. The van der Waals surface area contributed by atoms with Crippen LogP contribution in [0.3, 0.4) is 0 Å². The van der Waals surface area contributed by atoms with E-state index in [1.165, 1.54) is 18.2 Å². The topological polar surface area (TPSA) is 46.3 Å². The highest BCUT2D eigenvalue weighted by molar-refractivity contribution is 5.99. The van der Waals surface area contributed by atoms with Crippen LogP contribution in [0.1, 0.15) is 37.0 Å².